The second-order valence-electron chi connectivity index (χ2n) is 8.84. The van der Waals surface area contributed by atoms with Crippen LogP contribution in [-0.2, 0) is 19.5 Å². The van der Waals surface area contributed by atoms with Crippen molar-refractivity contribution < 1.29 is 37.5 Å². The van der Waals surface area contributed by atoms with Crippen LogP contribution in [0.4, 0.5) is 17.1 Å². The number of hydrogen-bond donors (Lipinski definition) is 4. The molecule has 16 heteroatoms. The van der Waals surface area contributed by atoms with E-state index in [0.717, 1.165) is 22.0 Å². The largest absolute Gasteiger partial charge is 0.478 e. The second kappa shape index (κ2) is 10.8. The Morgan fingerprint density at radius 3 is 2.49 bits per heavy atom. The number of fused-ring (bicyclic) bond motifs is 3. The van der Waals surface area contributed by atoms with Crippen LogP contribution in [0.3, 0.4) is 0 Å². The quantitative estimate of drug-likeness (QED) is 0.0433. The number of aryl methyl sites for hydroxylation is 2. The fraction of sp³-hybridized carbons (Fsp3) is 0.0800. The van der Waals surface area contributed by atoms with E-state index in [1.54, 1.807) is 30.3 Å². The number of rotatable bonds is 8. The van der Waals surface area contributed by atoms with Crippen LogP contribution < -0.4 is 5.73 Å². The first-order chi connectivity index (χ1) is 19.5. The van der Waals surface area contributed by atoms with Crippen LogP contribution in [0, 0.1) is 13.8 Å². The molecule has 0 aliphatic rings. The van der Waals surface area contributed by atoms with Crippen LogP contribution in [-0.4, -0.2) is 44.3 Å². The van der Waals surface area contributed by atoms with Gasteiger partial charge in [0.05, 0.1) is 33.9 Å². The summed E-state index contributed by atoms with van der Waals surface area (Å²) in [4.78, 5) is 13.0. The molecule has 14 nitrogen and oxygen atoms in total. The lowest BCUT2D eigenvalue weighted by molar-refractivity contribution is -0.432. The summed E-state index contributed by atoms with van der Waals surface area (Å²) in [5, 5.41) is 40.0. The fourth-order valence-corrected chi connectivity index (χ4v) is 5.26. The smallest absolute Gasteiger partial charge is 0.338 e. The molecular formula is C25H20N6O8S2. The number of hydrogen-bond acceptors (Lipinski definition) is 12. The lowest BCUT2D eigenvalue weighted by Gasteiger charge is -2.07. The number of aromatic nitrogens is 3. The Bertz CT molecular complexity index is 1990. The summed E-state index contributed by atoms with van der Waals surface area (Å²) in [5.41, 5.74) is 9.49. The third kappa shape index (κ3) is 5.60. The number of nitrogens with zero attached hydrogens (tertiary/aromatic N) is 5. The van der Waals surface area contributed by atoms with E-state index in [-0.39, 0.29) is 32.7 Å². The first-order valence-corrected chi connectivity index (χ1v) is 13.8. The molecule has 0 fully saturated rings. The van der Waals surface area contributed by atoms with E-state index in [0.29, 0.717) is 34.3 Å². The molecule has 5 rings (SSSR count). The van der Waals surface area contributed by atoms with Crippen LogP contribution in [0.5, 0.6) is 0 Å². The zero-order chi connectivity index (χ0) is 29.5. The molecule has 0 radical (unpaired) electrons. The molecule has 0 saturated heterocycles. The van der Waals surface area contributed by atoms with E-state index >= 15 is 0 Å². The highest BCUT2D eigenvalue weighted by Crippen LogP contribution is 2.35. The Labute approximate surface area is 235 Å². The Morgan fingerprint density at radius 1 is 1.00 bits per heavy atom. The van der Waals surface area contributed by atoms with E-state index in [9.17, 15) is 22.9 Å². The third-order valence-electron chi connectivity index (χ3n) is 6.15. The van der Waals surface area contributed by atoms with Gasteiger partial charge in [0, 0.05) is 21.4 Å². The Morgan fingerprint density at radius 2 is 1.78 bits per heavy atom. The fourth-order valence-electron chi connectivity index (χ4n) is 4.11. The molecule has 0 saturated carbocycles. The monoisotopic (exact) mass is 596 g/mol. The molecule has 4 aromatic carbocycles. The summed E-state index contributed by atoms with van der Waals surface area (Å²) >= 11 is 0.499. The van der Waals surface area contributed by atoms with E-state index in [1.165, 1.54) is 18.2 Å². The van der Waals surface area contributed by atoms with Crippen LogP contribution in [0.1, 0.15) is 21.5 Å². The van der Waals surface area contributed by atoms with Crippen molar-refractivity contribution in [1.29, 1.82) is 0 Å². The van der Waals surface area contributed by atoms with Gasteiger partial charge in [-0.3, -0.25) is 4.55 Å². The van der Waals surface area contributed by atoms with E-state index in [1.807, 2.05) is 13.8 Å². The van der Waals surface area contributed by atoms with Crippen molar-refractivity contribution >= 4 is 67.0 Å². The maximum atomic E-state index is 12.2. The van der Waals surface area contributed by atoms with E-state index < -0.39 is 21.0 Å². The number of nitrogens with two attached hydrogens (primary N) is 1. The van der Waals surface area contributed by atoms with Gasteiger partial charge in [-0.2, -0.15) is 18.6 Å². The van der Waals surface area contributed by atoms with Gasteiger partial charge < -0.3 is 10.8 Å². The van der Waals surface area contributed by atoms with Crippen LogP contribution in [0.25, 0.3) is 27.5 Å². The molecule has 0 atom stereocenters. The Kier molecular flexibility index (Phi) is 7.43. The minimum atomic E-state index is -4.64. The van der Waals surface area contributed by atoms with Crippen molar-refractivity contribution in [2.45, 2.75) is 23.6 Å². The van der Waals surface area contributed by atoms with Gasteiger partial charge in [-0.15, -0.1) is 19.3 Å². The molecule has 0 amide bonds. The summed E-state index contributed by atoms with van der Waals surface area (Å²) in [5.74, 6) is -1.27. The van der Waals surface area contributed by atoms with E-state index in [4.69, 9.17) is 11.0 Å². The Balaban J connectivity index is 1.61. The number of azo groups is 1. The molecule has 0 spiro atoms. The molecule has 41 heavy (non-hydrogen) atoms. The number of carboxylic acid groups (broad SMARTS) is 1. The molecular weight excluding hydrogens is 576 g/mol. The molecule has 0 aliphatic carbocycles. The van der Waals surface area contributed by atoms with Gasteiger partial charge in [0.15, 0.2) is 0 Å². The molecule has 0 aliphatic heterocycles. The highest BCUT2D eigenvalue weighted by atomic mass is 32.2. The standard InChI is InChI=1S/C25H20N6O8S2/c1-12-8-21(13(2)7-19(12)26)28-27-14-3-6-22(18(9-14)25(32)33)31-29-20-5-4-16-17(24(20)30-31)10-15(41(35,36)37)11-23(16)40-39-38-34/h3-11,34H,26H2,1-2H3,(H,32,33)(H,35,36,37). The highest BCUT2D eigenvalue weighted by Gasteiger charge is 2.20. The number of carbonyl (C=O) groups is 1. The topological polar surface area (TPSA) is 212 Å². The summed E-state index contributed by atoms with van der Waals surface area (Å²) < 4.78 is 37.9. The molecule has 5 aromatic rings. The third-order valence-corrected chi connectivity index (χ3v) is 7.63. The van der Waals surface area contributed by atoms with Crippen molar-refractivity contribution in [3.8, 4) is 5.69 Å². The maximum Gasteiger partial charge on any atom is 0.338 e. The lowest BCUT2D eigenvalue weighted by Crippen LogP contribution is -2.07. The van der Waals surface area contributed by atoms with Gasteiger partial charge in [0.1, 0.15) is 16.7 Å². The number of carboxylic acids is 1. The summed E-state index contributed by atoms with van der Waals surface area (Å²) in [6.07, 6.45) is 0. The molecule has 5 N–H and O–H groups in total. The predicted octanol–water partition coefficient (Wildman–Crippen LogP) is 5.56. The Hall–Kier alpha value is -4.45. The first-order valence-electron chi connectivity index (χ1n) is 11.6. The van der Waals surface area contributed by atoms with Gasteiger partial charge in [-0.05, 0) is 73.5 Å². The number of nitrogen functional groups attached to an aromatic ring is 1. The van der Waals surface area contributed by atoms with Crippen LogP contribution >= 0.6 is 12.0 Å². The van der Waals surface area contributed by atoms with Crippen molar-refractivity contribution in [3.05, 3.63) is 71.3 Å². The van der Waals surface area contributed by atoms with E-state index in [2.05, 4.69) is 29.8 Å². The summed E-state index contributed by atoms with van der Waals surface area (Å²) in [6, 6.07) is 13.4. The minimum Gasteiger partial charge on any atom is -0.478 e. The number of benzene rings is 4. The van der Waals surface area contributed by atoms with Gasteiger partial charge in [-0.25, -0.2) is 10.1 Å². The molecule has 0 unspecified atom stereocenters. The zero-order valence-electron chi connectivity index (χ0n) is 21.2. The predicted molar refractivity (Wildman–Crippen MR) is 148 cm³/mol. The molecule has 1 heterocycles. The molecule has 1 aromatic heterocycles. The van der Waals surface area contributed by atoms with Gasteiger partial charge in [0.2, 0.25) is 0 Å². The summed E-state index contributed by atoms with van der Waals surface area (Å²) in [6.45, 7) is 3.68. The lowest BCUT2D eigenvalue weighted by atomic mass is 10.1. The maximum absolute atomic E-state index is 12.2. The second-order valence-corrected chi connectivity index (χ2v) is 11.0. The molecule has 210 valence electrons. The highest BCUT2D eigenvalue weighted by molar-refractivity contribution is 7.94. The average molecular weight is 597 g/mol. The normalized spacial score (nSPS) is 12.1. The zero-order valence-corrected chi connectivity index (χ0v) is 22.8. The average Bonchev–Trinajstić information content (AvgIpc) is 3.37. The number of aromatic carboxylic acids is 1. The van der Waals surface area contributed by atoms with Gasteiger partial charge in [-0.1, -0.05) is 11.1 Å². The van der Waals surface area contributed by atoms with Gasteiger partial charge in [0.25, 0.3) is 10.1 Å². The van der Waals surface area contributed by atoms with Crippen molar-refractivity contribution in [2.75, 3.05) is 5.73 Å². The molecule has 0 bridgehead atoms. The van der Waals surface area contributed by atoms with Crippen LogP contribution in [0.15, 0.2) is 74.6 Å². The van der Waals surface area contributed by atoms with Crippen molar-refractivity contribution in [1.82, 2.24) is 15.0 Å². The SMILES string of the molecule is Cc1cc(N=Nc2ccc(-n3nc4ccc5c(SOOO)cc(S(=O)(=O)O)cc5c4n3)c(C(=O)O)c2)c(C)cc1N. The van der Waals surface area contributed by atoms with Crippen LogP contribution in [0.2, 0.25) is 0 Å². The van der Waals surface area contributed by atoms with Gasteiger partial charge >= 0.3 is 5.97 Å². The van der Waals surface area contributed by atoms with Crippen molar-refractivity contribution in [3.63, 3.8) is 0 Å². The number of anilines is 1. The van der Waals surface area contributed by atoms with Crippen molar-refractivity contribution in [2.24, 2.45) is 10.2 Å². The first kappa shape index (κ1) is 28.1. The summed E-state index contributed by atoms with van der Waals surface area (Å²) in [7, 11) is -4.64. The minimum absolute atomic E-state index is 0.109.